The second-order valence-corrected chi connectivity index (χ2v) is 4.47. The van der Waals surface area contributed by atoms with E-state index in [-0.39, 0.29) is 17.2 Å². The molecule has 1 aliphatic heterocycles. The lowest BCUT2D eigenvalue weighted by Crippen LogP contribution is -2.51. The normalized spacial score (nSPS) is 27.6. The molecule has 14 heavy (non-hydrogen) atoms. The maximum Gasteiger partial charge on any atom is 0.231 e. The summed E-state index contributed by atoms with van der Waals surface area (Å²) in [5, 5.41) is 2.63. The second kappa shape index (κ2) is 4.09. The summed E-state index contributed by atoms with van der Waals surface area (Å²) in [7, 11) is 0. The summed E-state index contributed by atoms with van der Waals surface area (Å²) in [6.07, 6.45) is 3.21. The molecule has 2 atom stereocenters. The van der Waals surface area contributed by atoms with Crippen LogP contribution in [0, 0.1) is 11.3 Å². The van der Waals surface area contributed by atoms with Crippen molar-refractivity contribution in [2.24, 2.45) is 22.1 Å². The quantitative estimate of drug-likeness (QED) is 0.705. The first-order valence-electron chi connectivity index (χ1n) is 5.06. The number of nitrogens with zero attached hydrogens (tertiary/aromatic N) is 1. The Kier molecular flexibility index (Phi) is 3.26. The smallest absolute Gasteiger partial charge is 0.231 e. The van der Waals surface area contributed by atoms with Crippen LogP contribution in [0.1, 0.15) is 33.6 Å². The van der Waals surface area contributed by atoms with Crippen LogP contribution in [0.25, 0.3) is 0 Å². The Morgan fingerprint density at radius 1 is 1.64 bits per heavy atom. The van der Waals surface area contributed by atoms with E-state index >= 15 is 0 Å². The lowest BCUT2D eigenvalue weighted by atomic mass is 9.75. The first-order valence-corrected chi connectivity index (χ1v) is 5.06. The molecule has 0 aliphatic carbocycles. The summed E-state index contributed by atoms with van der Waals surface area (Å²) in [5.41, 5.74) is 5.44. The minimum Gasteiger partial charge on any atom is -0.322 e. The monoisotopic (exact) mass is 197 g/mol. The molecule has 0 aromatic heterocycles. The standard InChI is InChI=1S/C10H19N3O/c1-4-5-10(2,3)7-6-12-9(11)13-8(7)14/h6-7,9H,4-5,11H2,1-3H3,(H,13,14). The second-order valence-electron chi connectivity index (χ2n) is 4.47. The molecule has 2 unspecified atom stereocenters. The Bertz CT molecular complexity index is 248. The third-order valence-corrected chi connectivity index (χ3v) is 2.70. The molecule has 0 aromatic rings. The molecule has 0 aromatic carbocycles. The van der Waals surface area contributed by atoms with Gasteiger partial charge in [-0.15, -0.1) is 0 Å². The SMILES string of the molecule is CCCC(C)(C)C1C=NC(N)NC1=O. The minimum atomic E-state index is -0.559. The average molecular weight is 197 g/mol. The molecule has 0 bridgehead atoms. The van der Waals surface area contributed by atoms with Crippen LogP contribution in [0.2, 0.25) is 0 Å². The zero-order valence-electron chi connectivity index (χ0n) is 9.08. The van der Waals surface area contributed by atoms with Gasteiger partial charge in [0.2, 0.25) is 5.91 Å². The van der Waals surface area contributed by atoms with E-state index in [1.54, 1.807) is 6.21 Å². The first-order chi connectivity index (χ1) is 6.47. The zero-order valence-corrected chi connectivity index (χ0v) is 9.08. The Balaban J connectivity index is 2.77. The van der Waals surface area contributed by atoms with Crippen LogP contribution < -0.4 is 11.1 Å². The van der Waals surface area contributed by atoms with Crippen LogP contribution in [-0.2, 0) is 4.79 Å². The maximum absolute atomic E-state index is 11.6. The molecule has 0 radical (unpaired) electrons. The van der Waals surface area contributed by atoms with Crippen molar-refractivity contribution in [3.8, 4) is 0 Å². The summed E-state index contributed by atoms with van der Waals surface area (Å²) < 4.78 is 0. The molecule has 4 heteroatoms. The van der Waals surface area contributed by atoms with Crippen LogP contribution in [0.15, 0.2) is 4.99 Å². The van der Waals surface area contributed by atoms with E-state index in [1.165, 1.54) is 0 Å². The fraction of sp³-hybridized carbons (Fsp3) is 0.800. The van der Waals surface area contributed by atoms with Gasteiger partial charge in [0.15, 0.2) is 6.29 Å². The highest BCUT2D eigenvalue weighted by molar-refractivity contribution is 5.96. The van der Waals surface area contributed by atoms with Gasteiger partial charge in [-0.05, 0) is 11.8 Å². The molecule has 1 amide bonds. The highest BCUT2D eigenvalue weighted by atomic mass is 16.2. The van der Waals surface area contributed by atoms with E-state index in [0.29, 0.717) is 0 Å². The van der Waals surface area contributed by atoms with Crippen molar-refractivity contribution in [2.75, 3.05) is 0 Å². The summed E-state index contributed by atoms with van der Waals surface area (Å²) in [5.74, 6) is -0.159. The Hall–Kier alpha value is -0.900. The van der Waals surface area contributed by atoms with Crippen molar-refractivity contribution in [2.45, 2.75) is 39.9 Å². The van der Waals surface area contributed by atoms with Gasteiger partial charge in [0.25, 0.3) is 0 Å². The Morgan fingerprint density at radius 3 is 2.79 bits per heavy atom. The van der Waals surface area contributed by atoms with E-state index in [1.807, 2.05) is 0 Å². The van der Waals surface area contributed by atoms with Crippen molar-refractivity contribution in [3.63, 3.8) is 0 Å². The number of rotatable bonds is 3. The molecule has 1 rings (SSSR count). The molecule has 80 valence electrons. The average Bonchev–Trinajstić information content (AvgIpc) is 2.02. The molecule has 0 fully saturated rings. The first kappa shape index (κ1) is 11.2. The minimum absolute atomic E-state index is 0.00838. The molecular formula is C10H19N3O. The van der Waals surface area contributed by atoms with Gasteiger partial charge in [-0.2, -0.15) is 0 Å². The Labute approximate surface area is 85.0 Å². The van der Waals surface area contributed by atoms with Crippen LogP contribution >= 0.6 is 0 Å². The van der Waals surface area contributed by atoms with Crippen LogP contribution in [0.4, 0.5) is 0 Å². The number of hydrogen-bond acceptors (Lipinski definition) is 3. The predicted octanol–water partition coefficient (Wildman–Crippen LogP) is 0.872. The molecule has 3 N–H and O–H groups in total. The van der Waals surface area contributed by atoms with Crippen LogP contribution in [-0.4, -0.2) is 18.4 Å². The number of amides is 1. The van der Waals surface area contributed by atoms with Gasteiger partial charge in [0.1, 0.15) is 0 Å². The van der Waals surface area contributed by atoms with Crippen molar-refractivity contribution in [1.82, 2.24) is 5.32 Å². The fourth-order valence-corrected chi connectivity index (χ4v) is 1.88. The van der Waals surface area contributed by atoms with Crippen molar-refractivity contribution in [3.05, 3.63) is 0 Å². The summed E-state index contributed by atoms with van der Waals surface area (Å²) in [6, 6.07) is 0. The third kappa shape index (κ3) is 2.32. The zero-order chi connectivity index (χ0) is 10.8. The molecule has 1 aliphatic rings. The summed E-state index contributed by atoms with van der Waals surface area (Å²) in [6.45, 7) is 6.29. The van der Waals surface area contributed by atoms with Gasteiger partial charge >= 0.3 is 0 Å². The molecule has 4 nitrogen and oxygen atoms in total. The highest BCUT2D eigenvalue weighted by Crippen LogP contribution is 2.32. The lowest BCUT2D eigenvalue weighted by molar-refractivity contribution is -0.126. The fourth-order valence-electron chi connectivity index (χ4n) is 1.88. The van der Waals surface area contributed by atoms with Crippen molar-refractivity contribution < 1.29 is 4.79 Å². The van der Waals surface area contributed by atoms with Crippen LogP contribution in [0.3, 0.4) is 0 Å². The maximum atomic E-state index is 11.6. The predicted molar refractivity (Wildman–Crippen MR) is 56.8 cm³/mol. The van der Waals surface area contributed by atoms with E-state index in [9.17, 15) is 4.79 Å². The molecular weight excluding hydrogens is 178 g/mol. The van der Waals surface area contributed by atoms with Gasteiger partial charge in [-0.25, -0.2) is 0 Å². The number of aliphatic imine (C=N–C) groups is 1. The molecule has 0 saturated carbocycles. The molecule has 0 saturated heterocycles. The third-order valence-electron chi connectivity index (χ3n) is 2.70. The van der Waals surface area contributed by atoms with E-state index in [0.717, 1.165) is 12.8 Å². The largest absolute Gasteiger partial charge is 0.322 e. The summed E-state index contributed by atoms with van der Waals surface area (Å²) in [4.78, 5) is 15.7. The van der Waals surface area contributed by atoms with Crippen molar-refractivity contribution >= 4 is 12.1 Å². The highest BCUT2D eigenvalue weighted by Gasteiger charge is 2.35. The topological polar surface area (TPSA) is 67.5 Å². The van der Waals surface area contributed by atoms with E-state index in [2.05, 4.69) is 31.1 Å². The molecule has 0 spiro atoms. The van der Waals surface area contributed by atoms with E-state index in [4.69, 9.17) is 5.73 Å². The summed E-state index contributed by atoms with van der Waals surface area (Å²) >= 11 is 0. The number of carbonyl (C=O) groups is 1. The van der Waals surface area contributed by atoms with Crippen molar-refractivity contribution in [1.29, 1.82) is 0 Å². The number of carbonyl (C=O) groups excluding carboxylic acids is 1. The number of nitrogens with two attached hydrogens (primary N) is 1. The van der Waals surface area contributed by atoms with Gasteiger partial charge in [-0.3, -0.25) is 15.5 Å². The van der Waals surface area contributed by atoms with Gasteiger partial charge in [-0.1, -0.05) is 27.2 Å². The lowest BCUT2D eigenvalue weighted by Gasteiger charge is -2.33. The van der Waals surface area contributed by atoms with Gasteiger partial charge in [0.05, 0.1) is 5.92 Å². The van der Waals surface area contributed by atoms with Gasteiger partial charge < -0.3 is 5.32 Å². The number of hydrogen-bond donors (Lipinski definition) is 2. The van der Waals surface area contributed by atoms with E-state index < -0.39 is 6.29 Å². The van der Waals surface area contributed by atoms with Gasteiger partial charge in [0, 0.05) is 6.21 Å². The van der Waals surface area contributed by atoms with Crippen LogP contribution in [0.5, 0.6) is 0 Å². The molecule has 1 heterocycles. The number of nitrogens with one attached hydrogen (secondary N) is 1. The Morgan fingerprint density at radius 2 is 2.29 bits per heavy atom.